The fourth-order valence-electron chi connectivity index (χ4n) is 1.58. The van der Waals surface area contributed by atoms with Crippen molar-refractivity contribution in [2.24, 2.45) is 0 Å². The molecule has 8 nitrogen and oxygen atoms in total. The van der Waals surface area contributed by atoms with Crippen LogP contribution >= 0.6 is 0 Å². The third kappa shape index (κ3) is 12.0. The first-order chi connectivity index (χ1) is 12.4. The topological polar surface area (TPSA) is 108 Å². The Labute approximate surface area is 153 Å². The third-order valence-electron chi connectivity index (χ3n) is 2.69. The number of ether oxygens (including phenoxy) is 4. The normalized spacial score (nSPS) is 9.65. The second-order valence-electron chi connectivity index (χ2n) is 4.76. The molecule has 8 heteroatoms. The highest BCUT2D eigenvalue weighted by molar-refractivity contribution is 5.93. The lowest BCUT2D eigenvalue weighted by atomic mass is 10.1. The Hall–Kier alpha value is -2.45. The molecule has 0 unspecified atom stereocenters. The number of benzene rings is 1. The Morgan fingerprint density at radius 2 is 1.08 bits per heavy atom. The average molecular weight is 370 g/mol. The summed E-state index contributed by atoms with van der Waals surface area (Å²) < 4.78 is 20.2. The van der Waals surface area contributed by atoms with Crippen LogP contribution in [0.25, 0.3) is 0 Å². The predicted octanol–water partition coefficient (Wildman–Crippen LogP) is 2.16. The van der Waals surface area contributed by atoms with E-state index >= 15 is 0 Å². The summed E-state index contributed by atoms with van der Waals surface area (Å²) in [6.45, 7) is 7.12. The lowest BCUT2D eigenvalue weighted by Crippen LogP contribution is -2.12. The lowest BCUT2D eigenvalue weighted by Gasteiger charge is -2.07. The van der Waals surface area contributed by atoms with E-state index in [2.05, 4.69) is 0 Å². The number of esters is 2. The highest BCUT2D eigenvalue weighted by Gasteiger charge is 2.10. The number of aliphatic carboxylic acids is 1. The van der Waals surface area contributed by atoms with Crippen molar-refractivity contribution in [3.05, 3.63) is 35.4 Å². The highest BCUT2D eigenvalue weighted by Crippen LogP contribution is 2.07. The van der Waals surface area contributed by atoms with Crippen molar-refractivity contribution in [2.45, 2.75) is 20.8 Å². The molecular weight excluding hydrogens is 344 g/mol. The molecule has 0 saturated heterocycles. The number of rotatable bonds is 10. The van der Waals surface area contributed by atoms with Gasteiger partial charge in [0.2, 0.25) is 0 Å². The number of carboxylic acid groups (broad SMARTS) is 1. The minimum atomic E-state index is -0.833. The quantitative estimate of drug-likeness (QED) is 0.493. The number of carboxylic acids is 1. The van der Waals surface area contributed by atoms with E-state index in [0.717, 1.165) is 6.92 Å². The van der Waals surface area contributed by atoms with Gasteiger partial charge in [-0.25, -0.2) is 9.59 Å². The van der Waals surface area contributed by atoms with Gasteiger partial charge in [-0.15, -0.1) is 0 Å². The van der Waals surface area contributed by atoms with Crippen LogP contribution in [0.3, 0.4) is 0 Å². The smallest absolute Gasteiger partial charge is 0.338 e. The summed E-state index contributed by atoms with van der Waals surface area (Å²) in [5.41, 5.74) is 0.754. The number of hydrogen-bond donors (Lipinski definition) is 1. The van der Waals surface area contributed by atoms with Crippen LogP contribution in [0.1, 0.15) is 41.5 Å². The molecule has 1 N–H and O–H groups in total. The third-order valence-corrected chi connectivity index (χ3v) is 2.69. The Balaban J connectivity index is 0.00000141. The summed E-state index contributed by atoms with van der Waals surface area (Å²) in [4.78, 5) is 32.4. The first-order valence-electron chi connectivity index (χ1n) is 8.21. The van der Waals surface area contributed by atoms with Crippen molar-refractivity contribution in [3.8, 4) is 0 Å². The molecule has 0 saturated carbocycles. The highest BCUT2D eigenvalue weighted by atomic mass is 16.6. The second kappa shape index (κ2) is 14.9. The average Bonchev–Trinajstić information content (AvgIpc) is 2.61. The Kier molecular flexibility index (Phi) is 13.5. The van der Waals surface area contributed by atoms with Crippen molar-refractivity contribution in [1.29, 1.82) is 0 Å². The monoisotopic (exact) mass is 370 g/mol. The van der Waals surface area contributed by atoms with Gasteiger partial charge in [-0.2, -0.15) is 0 Å². The predicted molar refractivity (Wildman–Crippen MR) is 93.3 cm³/mol. The van der Waals surface area contributed by atoms with Gasteiger partial charge in [-0.1, -0.05) is 0 Å². The fourth-order valence-corrected chi connectivity index (χ4v) is 1.58. The van der Waals surface area contributed by atoms with Gasteiger partial charge in [0.15, 0.2) is 0 Å². The summed E-state index contributed by atoms with van der Waals surface area (Å²) in [7, 11) is 0. The van der Waals surface area contributed by atoms with Crippen molar-refractivity contribution in [3.63, 3.8) is 0 Å². The molecule has 1 rings (SSSR count). The SMILES string of the molecule is CC(=O)O.CCOCCOC(=O)c1ccc(C(=O)OCCOCC)cc1. The molecule has 0 amide bonds. The van der Waals surface area contributed by atoms with E-state index in [1.807, 2.05) is 13.8 Å². The van der Waals surface area contributed by atoms with E-state index in [-0.39, 0.29) is 13.2 Å². The Bertz CT molecular complexity index is 492. The number of hydrogen-bond acceptors (Lipinski definition) is 7. The molecule has 0 radical (unpaired) electrons. The van der Waals surface area contributed by atoms with Crippen molar-refractivity contribution in [2.75, 3.05) is 39.6 Å². The first-order valence-corrected chi connectivity index (χ1v) is 8.21. The van der Waals surface area contributed by atoms with Gasteiger partial charge in [0.1, 0.15) is 13.2 Å². The van der Waals surface area contributed by atoms with Crippen molar-refractivity contribution in [1.82, 2.24) is 0 Å². The molecule has 0 aliphatic carbocycles. The van der Waals surface area contributed by atoms with Crippen LogP contribution in [0.2, 0.25) is 0 Å². The van der Waals surface area contributed by atoms with E-state index < -0.39 is 17.9 Å². The van der Waals surface area contributed by atoms with E-state index in [1.165, 1.54) is 24.3 Å². The zero-order valence-corrected chi connectivity index (χ0v) is 15.4. The van der Waals surface area contributed by atoms with Gasteiger partial charge in [0, 0.05) is 20.1 Å². The van der Waals surface area contributed by atoms with Crippen LogP contribution in [0.5, 0.6) is 0 Å². The van der Waals surface area contributed by atoms with Crippen LogP contribution in [0.15, 0.2) is 24.3 Å². The molecule has 0 aliphatic heterocycles. The fraction of sp³-hybridized carbons (Fsp3) is 0.500. The van der Waals surface area contributed by atoms with Crippen LogP contribution in [0.4, 0.5) is 0 Å². The Morgan fingerprint density at radius 3 is 1.35 bits per heavy atom. The standard InChI is InChI=1S/C16H22O6.C2H4O2/c1-3-19-9-11-21-15(17)13-5-7-14(8-6-13)16(18)22-12-10-20-4-2;1-2(3)4/h5-8H,3-4,9-12H2,1-2H3;1H3,(H,3,4). The van der Waals surface area contributed by atoms with Gasteiger partial charge >= 0.3 is 11.9 Å². The minimum absolute atomic E-state index is 0.202. The zero-order chi connectivity index (χ0) is 19.8. The van der Waals surface area contributed by atoms with Crippen LogP contribution in [-0.2, 0) is 23.7 Å². The maximum atomic E-state index is 11.7. The Morgan fingerprint density at radius 1 is 0.769 bits per heavy atom. The minimum Gasteiger partial charge on any atom is -0.481 e. The summed E-state index contributed by atoms with van der Waals surface area (Å²) in [5, 5.41) is 7.42. The van der Waals surface area contributed by atoms with Crippen LogP contribution < -0.4 is 0 Å². The van der Waals surface area contributed by atoms with Crippen molar-refractivity contribution < 1.29 is 38.4 Å². The van der Waals surface area contributed by atoms with Crippen LogP contribution in [-0.4, -0.2) is 62.7 Å². The molecule has 1 aromatic rings. The number of carbonyl (C=O) groups is 3. The molecular formula is C18H26O8. The van der Waals surface area contributed by atoms with Crippen LogP contribution in [0, 0.1) is 0 Å². The molecule has 26 heavy (non-hydrogen) atoms. The molecule has 0 aliphatic rings. The van der Waals surface area contributed by atoms with Crippen molar-refractivity contribution >= 4 is 17.9 Å². The largest absolute Gasteiger partial charge is 0.481 e. The number of carbonyl (C=O) groups excluding carboxylic acids is 2. The summed E-state index contributed by atoms with van der Waals surface area (Å²) in [5.74, 6) is -1.73. The molecule has 0 aromatic heterocycles. The molecule has 146 valence electrons. The molecule has 0 spiro atoms. The van der Waals surface area contributed by atoms with Gasteiger partial charge < -0.3 is 24.1 Å². The van der Waals surface area contributed by atoms with E-state index in [0.29, 0.717) is 37.6 Å². The molecule has 0 atom stereocenters. The molecule has 0 fully saturated rings. The first kappa shape index (κ1) is 23.5. The molecule has 0 heterocycles. The maximum Gasteiger partial charge on any atom is 0.338 e. The van der Waals surface area contributed by atoms with Gasteiger partial charge in [-0.3, -0.25) is 4.79 Å². The summed E-state index contributed by atoms with van der Waals surface area (Å²) >= 11 is 0. The van der Waals surface area contributed by atoms with Gasteiger partial charge in [0.25, 0.3) is 5.97 Å². The zero-order valence-electron chi connectivity index (χ0n) is 15.4. The maximum absolute atomic E-state index is 11.7. The summed E-state index contributed by atoms with van der Waals surface area (Å²) in [6.07, 6.45) is 0. The second-order valence-corrected chi connectivity index (χ2v) is 4.76. The van der Waals surface area contributed by atoms with E-state index in [9.17, 15) is 9.59 Å². The van der Waals surface area contributed by atoms with E-state index in [1.54, 1.807) is 0 Å². The molecule has 0 bridgehead atoms. The lowest BCUT2D eigenvalue weighted by molar-refractivity contribution is -0.134. The molecule has 1 aromatic carbocycles. The van der Waals surface area contributed by atoms with E-state index in [4.69, 9.17) is 28.8 Å². The van der Waals surface area contributed by atoms with Gasteiger partial charge in [-0.05, 0) is 38.1 Å². The van der Waals surface area contributed by atoms with Gasteiger partial charge in [0.05, 0.1) is 24.3 Å². The summed E-state index contributed by atoms with van der Waals surface area (Å²) in [6, 6.07) is 6.12.